The molecule has 1 aliphatic carbocycles. The van der Waals surface area contributed by atoms with Crippen LogP contribution >= 0.6 is 0 Å². The third-order valence-electron chi connectivity index (χ3n) is 3.85. The second-order valence-corrected chi connectivity index (χ2v) is 7.44. The average Bonchev–Trinajstić information content (AvgIpc) is 2.90. The lowest BCUT2D eigenvalue weighted by molar-refractivity contribution is -0.137. The maximum atomic E-state index is 12.2. The molecule has 0 spiro atoms. The highest BCUT2D eigenvalue weighted by Gasteiger charge is 2.19. The van der Waals surface area contributed by atoms with Crippen molar-refractivity contribution in [1.29, 1.82) is 0 Å². The van der Waals surface area contributed by atoms with Crippen LogP contribution in [-0.2, 0) is 27.7 Å². The normalized spacial score (nSPS) is 15.7. The molecule has 5 nitrogen and oxygen atoms in total. The number of carbonyl (C=O) groups is 1. The van der Waals surface area contributed by atoms with Gasteiger partial charge in [-0.15, -0.1) is 0 Å². The van der Waals surface area contributed by atoms with Crippen molar-refractivity contribution >= 4 is 16.0 Å². The zero-order valence-electron chi connectivity index (χ0n) is 12.1. The number of carboxylic acid groups (broad SMARTS) is 1. The second kappa shape index (κ2) is 6.58. The van der Waals surface area contributed by atoms with Gasteiger partial charge in [0.2, 0.25) is 10.0 Å². The molecular formula is C15H21NO4S. The first-order valence-electron chi connectivity index (χ1n) is 7.22. The van der Waals surface area contributed by atoms with Crippen LogP contribution in [0.2, 0.25) is 0 Å². The summed E-state index contributed by atoms with van der Waals surface area (Å²) in [6.07, 6.45) is 3.56. The van der Waals surface area contributed by atoms with Crippen molar-refractivity contribution in [1.82, 2.24) is 4.72 Å². The summed E-state index contributed by atoms with van der Waals surface area (Å²) in [5.41, 5.74) is 2.36. The molecule has 0 fully saturated rings. The van der Waals surface area contributed by atoms with Crippen molar-refractivity contribution in [2.24, 2.45) is 5.92 Å². The Labute approximate surface area is 125 Å². The fraction of sp³-hybridized carbons (Fsp3) is 0.533. The Hall–Kier alpha value is -1.40. The van der Waals surface area contributed by atoms with Crippen LogP contribution in [0.25, 0.3) is 0 Å². The first kappa shape index (κ1) is 16.0. The number of nitrogens with one attached hydrogen (secondary N) is 1. The number of fused-ring (bicyclic) bond motifs is 1. The van der Waals surface area contributed by atoms with Gasteiger partial charge in [0, 0.05) is 13.0 Å². The first-order valence-corrected chi connectivity index (χ1v) is 8.70. The predicted molar refractivity (Wildman–Crippen MR) is 79.7 cm³/mol. The van der Waals surface area contributed by atoms with E-state index in [9.17, 15) is 13.2 Å². The molecule has 0 bridgehead atoms. The van der Waals surface area contributed by atoms with E-state index in [1.54, 1.807) is 12.1 Å². The maximum Gasteiger partial charge on any atom is 0.303 e. The SMILES string of the molecule is CC(CCC(=O)O)CNS(=O)(=O)c1ccc2c(c1)CCC2. The highest BCUT2D eigenvalue weighted by atomic mass is 32.2. The van der Waals surface area contributed by atoms with Crippen molar-refractivity contribution in [3.8, 4) is 0 Å². The number of hydrogen-bond donors (Lipinski definition) is 2. The summed E-state index contributed by atoms with van der Waals surface area (Å²) in [5.74, 6) is -0.867. The number of aryl methyl sites for hydroxylation is 2. The van der Waals surface area contributed by atoms with Crippen LogP contribution in [0.5, 0.6) is 0 Å². The van der Waals surface area contributed by atoms with Gasteiger partial charge in [0.1, 0.15) is 0 Å². The fourth-order valence-electron chi connectivity index (χ4n) is 2.52. The smallest absolute Gasteiger partial charge is 0.303 e. The Morgan fingerprint density at radius 2 is 2.05 bits per heavy atom. The molecule has 0 heterocycles. The Morgan fingerprint density at radius 3 is 2.76 bits per heavy atom. The van der Waals surface area contributed by atoms with E-state index in [0.29, 0.717) is 11.3 Å². The predicted octanol–water partition coefficient (Wildman–Crippen LogP) is 1.95. The van der Waals surface area contributed by atoms with Gasteiger partial charge in [-0.05, 0) is 54.9 Å². The van der Waals surface area contributed by atoms with Crippen LogP contribution in [0.1, 0.15) is 37.3 Å². The Morgan fingerprint density at radius 1 is 1.33 bits per heavy atom. The van der Waals surface area contributed by atoms with Crippen LogP contribution in [-0.4, -0.2) is 26.0 Å². The minimum absolute atomic E-state index is 0.00898. The van der Waals surface area contributed by atoms with E-state index in [-0.39, 0.29) is 18.9 Å². The van der Waals surface area contributed by atoms with Crippen molar-refractivity contribution < 1.29 is 18.3 Å². The van der Waals surface area contributed by atoms with Crippen molar-refractivity contribution in [2.45, 2.75) is 43.9 Å². The van der Waals surface area contributed by atoms with Gasteiger partial charge < -0.3 is 5.11 Å². The standard InChI is InChI=1S/C15H21NO4S/c1-11(5-8-15(17)18)10-16-21(19,20)14-7-6-12-3-2-4-13(12)9-14/h6-7,9,11,16H,2-5,8,10H2,1H3,(H,17,18). The molecule has 1 unspecified atom stereocenters. The Bertz CT molecular complexity index is 625. The van der Waals surface area contributed by atoms with Gasteiger partial charge in [-0.3, -0.25) is 4.79 Å². The zero-order valence-corrected chi connectivity index (χ0v) is 12.9. The molecule has 2 N–H and O–H groups in total. The van der Waals surface area contributed by atoms with Crippen molar-refractivity contribution in [2.75, 3.05) is 6.54 Å². The molecular weight excluding hydrogens is 290 g/mol. The lowest BCUT2D eigenvalue weighted by Gasteiger charge is -2.12. The van der Waals surface area contributed by atoms with Gasteiger partial charge in [0.25, 0.3) is 0 Å². The molecule has 21 heavy (non-hydrogen) atoms. The molecule has 0 saturated carbocycles. The lowest BCUT2D eigenvalue weighted by Crippen LogP contribution is -2.28. The fourth-order valence-corrected chi connectivity index (χ4v) is 3.74. The summed E-state index contributed by atoms with van der Waals surface area (Å²) in [5, 5.41) is 8.62. The minimum Gasteiger partial charge on any atom is -0.481 e. The molecule has 1 aliphatic rings. The van der Waals surface area contributed by atoms with Crippen molar-refractivity contribution in [3.05, 3.63) is 29.3 Å². The number of benzene rings is 1. The van der Waals surface area contributed by atoms with Crippen LogP contribution in [0, 0.1) is 5.92 Å². The van der Waals surface area contributed by atoms with E-state index in [0.717, 1.165) is 24.8 Å². The molecule has 1 atom stereocenters. The maximum absolute atomic E-state index is 12.2. The molecule has 6 heteroatoms. The van der Waals surface area contributed by atoms with E-state index in [4.69, 9.17) is 5.11 Å². The van der Waals surface area contributed by atoms with Gasteiger partial charge in [-0.1, -0.05) is 13.0 Å². The molecule has 0 radical (unpaired) electrons. The summed E-state index contributed by atoms with van der Waals surface area (Å²) in [4.78, 5) is 10.8. The van der Waals surface area contributed by atoms with E-state index in [1.807, 2.05) is 13.0 Å². The zero-order chi connectivity index (χ0) is 15.5. The molecule has 0 amide bonds. The van der Waals surface area contributed by atoms with Crippen LogP contribution in [0.4, 0.5) is 0 Å². The van der Waals surface area contributed by atoms with Crippen molar-refractivity contribution in [3.63, 3.8) is 0 Å². The number of sulfonamides is 1. The van der Waals surface area contributed by atoms with E-state index in [1.165, 1.54) is 5.56 Å². The second-order valence-electron chi connectivity index (χ2n) is 5.67. The third kappa shape index (κ3) is 4.28. The molecule has 1 aromatic rings. The molecule has 0 aliphatic heterocycles. The van der Waals surface area contributed by atoms with Gasteiger partial charge in [0.15, 0.2) is 0 Å². The number of aliphatic carboxylic acids is 1. The summed E-state index contributed by atoms with van der Waals surface area (Å²) in [7, 11) is -3.51. The highest BCUT2D eigenvalue weighted by molar-refractivity contribution is 7.89. The summed E-state index contributed by atoms with van der Waals surface area (Å²) >= 11 is 0. The monoisotopic (exact) mass is 311 g/mol. The van der Waals surface area contributed by atoms with Gasteiger partial charge in [0.05, 0.1) is 4.90 Å². The summed E-state index contributed by atoms with van der Waals surface area (Å²) in [6.45, 7) is 2.10. The van der Waals surface area contributed by atoms with E-state index >= 15 is 0 Å². The molecule has 0 saturated heterocycles. The summed E-state index contributed by atoms with van der Waals surface area (Å²) in [6, 6.07) is 5.30. The molecule has 2 rings (SSSR count). The van der Waals surface area contributed by atoms with E-state index < -0.39 is 16.0 Å². The van der Waals surface area contributed by atoms with Gasteiger partial charge in [-0.25, -0.2) is 13.1 Å². The Balaban J connectivity index is 1.97. The van der Waals surface area contributed by atoms with Gasteiger partial charge >= 0.3 is 5.97 Å². The highest BCUT2D eigenvalue weighted by Crippen LogP contribution is 2.24. The van der Waals surface area contributed by atoms with Crippen LogP contribution < -0.4 is 4.72 Å². The number of carboxylic acids is 1. The molecule has 0 aromatic heterocycles. The van der Waals surface area contributed by atoms with Crippen LogP contribution in [0.15, 0.2) is 23.1 Å². The average molecular weight is 311 g/mol. The summed E-state index contributed by atoms with van der Waals surface area (Å²) < 4.78 is 27.1. The topological polar surface area (TPSA) is 83.5 Å². The lowest BCUT2D eigenvalue weighted by atomic mass is 10.1. The largest absolute Gasteiger partial charge is 0.481 e. The quantitative estimate of drug-likeness (QED) is 0.806. The third-order valence-corrected chi connectivity index (χ3v) is 5.27. The molecule has 116 valence electrons. The Kier molecular flexibility index (Phi) is 5.00. The minimum atomic E-state index is -3.51. The molecule has 1 aromatic carbocycles. The first-order chi connectivity index (χ1) is 9.88. The van der Waals surface area contributed by atoms with Gasteiger partial charge in [-0.2, -0.15) is 0 Å². The number of hydrogen-bond acceptors (Lipinski definition) is 3. The number of rotatable bonds is 7. The van der Waals surface area contributed by atoms with E-state index in [2.05, 4.69) is 4.72 Å². The van der Waals surface area contributed by atoms with Crippen LogP contribution in [0.3, 0.4) is 0 Å².